The van der Waals surface area contributed by atoms with Crippen molar-refractivity contribution < 1.29 is 9.59 Å². The quantitative estimate of drug-likeness (QED) is 0.264. The summed E-state index contributed by atoms with van der Waals surface area (Å²) >= 11 is 6.98. The highest BCUT2D eigenvalue weighted by atomic mass is 35.5. The molecule has 5 aromatic rings. The fraction of sp³-hybridized carbons (Fsp3) is 0.100. The average Bonchev–Trinajstić information content (AvgIpc) is 2.93. The molecule has 188 valence electrons. The first-order valence-corrected chi connectivity index (χ1v) is 12.2. The number of hydrogen-bond donors (Lipinski definition) is 0. The van der Waals surface area contributed by atoms with E-state index < -0.39 is 5.56 Å². The van der Waals surface area contributed by atoms with Crippen molar-refractivity contribution in [3.8, 4) is 33.5 Å². The largest absolute Gasteiger partial charge is 0.362 e. The van der Waals surface area contributed by atoms with E-state index in [4.69, 9.17) is 16.6 Å². The highest BCUT2D eigenvalue weighted by Crippen LogP contribution is 2.40. The van der Waals surface area contributed by atoms with Crippen molar-refractivity contribution in [1.29, 1.82) is 0 Å². The molecule has 0 aliphatic heterocycles. The molecule has 0 N–H and O–H groups in total. The number of carbonyl (C=O) groups excluding carboxylic acids is 2. The fourth-order valence-electron chi connectivity index (χ4n) is 4.57. The Morgan fingerprint density at radius 2 is 1.55 bits per heavy atom. The molecule has 0 amide bonds. The molecule has 0 atom stereocenters. The maximum absolute atomic E-state index is 12.4. The summed E-state index contributed by atoms with van der Waals surface area (Å²) < 4.78 is 1.36. The first-order valence-electron chi connectivity index (χ1n) is 11.8. The van der Waals surface area contributed by atoms with Crippen LogP contribution in [0.5, 0.6) is 0 Å². The van der Waals surface area contributed by atoms with Crippen LogP contribution in [0.4, 0.5) is 5.82 Å². The molecule has 8 heteroatoms. The molecule has 0 bridgehead atoms. The summed E-state index contributed by atoms with van der Waals surface area (Å²) in [5.74, 6) is 0.571. The molecule has 2 aromatic carbocycles. The van der Waals surface area contributed by atoms with Gasteiger partial charge in [0.15, 0.2) is 12.6 Å². The topological polar surface area (TPSA) is 84.6 Å². The third-order valence-electron chi connectivity index (χ3n) is 6.53. The summed E-state index contributed by atoms with van der Waals surface area (Å²) in [5.41, 5.74) is 6.63. The molecule has 7 nitrogen and oxygen atoms in total. The first-order chi connectivity index (χ1) is 18.3. The van der Waals surface area contributed by atoms with Crippen molar-refractivity contribution in [3.63, 3.8) is 0 Å². The number of carbonyl (C=O) groups is 2. The highest BCUT2D eigenvalue weighted by molar-refractivity contribution is 6.36. The van der Waals surface area contributed by atoms with Crippen molar-refractivity contribution in [2.24, 2.45) is 0 Å². The van der Waals surface area contributed by atoms with Crippen molar-refractivity contribution in [1.82, 2.24) is 14.4 Å². The van der Waals surface area contributed by atoms with Crippen molar-refractivity contribution in [2.45, 2.75) is 6.92 Å². The van der Waals surface area contributed by atoms with Crippen LogP contribution < -0.4 is 10.5 Å². The van der Waals surface area contributed by atoms with Crippen molar-refractivity contribution >= 4 is 35.6 Å². The summed E-state index contributed by atoms with van der Waals surface area (Å²) in [5, 5.41) is 0.553. The molecule has 0 fully saturated rings. The van der Waals surface area contributed by atoms with E-state index in [0.29, 0.717) is 34.0 Å². The Hall–Kier alpha value is -4.62. The lowest BCUT2D eigenvalue weighted by Crippen LogP contribution is -2.18. The lowest BCUT2D eigenvalue weighted by atomic mass is 9.92. The van der Waals surface area contributed by atoms with Gasteiger partial charge in [-0.2, -0.15) is 0 Å². The van der Waals surface area contributed by atoms with Crippen LogP contribution in [0.2, 0.25) is 5.02 Å². The maximum atomic E-state index is 12.4. The molecule has 0 aliphatic carbocycles. The van der Waals surface area contributed by atoms with E-state index >= 15 is 0 Å². The lowest BCUT2D eigenvalue weighted by Gasteiger charge is -2.17. The number of benzene rings is 2. The van der Waals surface area contributed by atoms with Gasteiger partial charge < -0.3 is 4.90 Å². The zero-order valence-electron chi connectivity index (χ0n) is 21.0. The summed E-state index contributed by atoms with van der Waals surface area (Å²) in [4.78, 5) is 45.8. The maximum Gasteiger partial charge on any atom is 0.268 e. The predicted octanol–water partition coefficient (Wildman–Crippen LogP) is 5.74. The molecule has 3 aromatic heterocycles. The standard InChI is InChI=1S/C30H23ClN4O3/c1-18-22(19-12-13-35-27(14-19)32-15-21(17-37)30(35)38)6-4-7-23(18)24-8-5-9-25(28(24)31)26-11-10-20(16-36)29(33-26)34(2)3/h4-17H,1-3H3. The number of fused-ring (bicyclic) bond motifs is 1. The Bertz CT molecular complexity index is 1790. The fourth-order valence-corrected chi connectivity index (χ4v) is 4.90. The minimum Gasteiger partial charge on any atom is -0.362 e. The first kappa shape index (κ1) is 25.0. The number of rotatable bonds is 6. The van der Waals surface area contributed by atoms with E-state index in [2.05, 4.69) is 4.98 Å². The van der Waals surface area contributed by atoms with Gasteiger partial charge in [0.25, 0.3) is 5.56 Å². The van der Waals surface area contributed by atoms with Gasteiger partial charge in [-0.25, -0.2) is 9.97 Å². The van der Waals surface area contributed by atoms with Gasteiger partial charge in [0.1, 0.15) is 11.5 Å². The molecule has 0 saturated carbocycles. The molecule has 38 heavy (non-hydrogen) atoms. The van der Waals surface area contributed by atoms with Crippen molar-refractivity contribution in [3.05, 3.63) is 105 Å². The summed E-state index contributed by atoms with van der Waals surface area (Å²) in [6.07, 6.45) is 4.22. The van der Waals surface area contributed by atoms with E-state index in [0.717, 1.165) is 39.7 Å². The molecule has 0 unspecified atom stereocenters. The van der Waals surface area contributed by atoms with Gasteiger partial charge in [0.2, 0.25) is 0 Å². The van der Waals surface area contributed by atoms with E-state index in [1.807, 2.05) is 69.6 Å². The van der Waals surface area contributed by atoms with Crippen molar-refractivity contribution in [2.75, 3.05) is 19.0 Å². The number of aldehydes is 2. The Balaban J connectivity index is 1.62. The van der Waals surface area contributed by atoms with Crippen LogP contribution in [0, 0.1) is 6.92 Å². The molecule has 5 rings (SSSR count). The van der Waals surface area contributed by atoms with E-state index in [-0.39, 0.29) is 5.56 Å². The lowest BCUT2D eigenvalue weighted by molar-refractivity contribution is 0.111. The van der Waals surface area contributed by atoms with Gasteiger partial charge in [0, 0.05) is 37.6 Å². The molecule has 0 aliphatic rings. The van der Waals surface area contributed by atoms with Crippen LogP contribution >= 0.6 is 11.6 Å². The van der Waals surface area contributed by atoms with Crippen LogP contribution in [0.25, 0.3) is 39.2 Å². The Kier molecular flexibility index (Phi) is 6.61. The summed E-state index contributed by atoms with van der Waals surface area (Å²) in [6, 6.07) is 19.0. The number of hydrogen-bond acceptors (Lipinski definition) is 6. The zero-order chi connectivity index (χ0) is 27.0. The van der Waals surface area contributed by atoms with E-state index in [1.165, 1.54) is 10.6 Å². The van der Waals surface area contributed by atoms with E-state index in [1.54, 1.807) is 23.2 Å². The third-order valence-corrected chi connectivity index (χ3v) is 6.94. The number of anilines is 1. The SMILES string of the molecule is Cc1c(-c2ccn3c(=O)c(C=O)cnc3c2)cccc1-c1cccc(-c2ccc(C=O)c(N(C)C)n2)c1Cl. The molecule has 3 heterocycles. The minimum absolute atomic E-state index is 0.0101. The average molecular weight is 523 g/mol. The molecule has 0 saturated heterocycles. The Labute approximate surface area is 224 Å². The minimum atomic E-state index is -0.405. The second-order valence-electron chi connectivity index (χ2n) is 9.05. The normalized spacial score (nSPS) is 10.9. The van der Waals surface area contributed by atoms with Crippen LogP contribution in [0.1, 0.15) is 26.3 Å². The van der Waals surface area contributed by atoms with Crippen LogP contribution in [-0.4, -0.2) is 41.0 Å². The number of aromatic nitrogens is 3. The van der Waals surface area contributed by atoms with Gasteiger partial charge in [0.05, 0.1) is 21.8 Å². The number of halogens is 1. The Morgan fingerprint density at radius 3 is 2.26 bits per heavy atom. The zero-order valence-corrected chi connectivity index (χ0v) is 21.7. The molecule has 0 spiro atoms. The summed E-state index contributed by atoms with van der Waals surface area (Å²) in [7, 11) is 3.68. The smallest absolute Gasteiger partial charge is 0.268 e. The van der Waals surface area contributed by atoms with E-state index in [9.17, 15) is 14.4 Å². The molecular weight excluding hydrogens is 500 g/mol. The molecule has 0 radical (unpaired) electrons. The molecular formula is C30H23ClN4O3. The van der Waals surface area contributed by atoms with Gasteiger partial charge in [-0.15, -0.1) is 0 Å². The van der Waals surface area contributed by atoms with Gasteiger partial charge in [-0.3, -0.25) is 18.8 Å². The van der Waals surface area contributed by atoms with Crippen LogP contribution in [0.3, 0.4) is 0 Å². The number of pyridine rings is 2. The second kappa shape index (κ2) is 10.0. The second-order valence-corrected chi connectivity index (χ2v) is 9.42. The third kappa shape index (κ3) is 4.27. The van der Waals surface area contributed by atoms with Gasteiger partial charge in [-0.1, -0.05) is 48.0 Å². The highest BCUT2D eigenvalue weighted by Gasteiger charge is 2.17. The van der Waals surface area contributed by atoms with Crippen LogP contribution in [-0.2, 0) is 0 Å². The monoisotopic (exact) mass is 522 g/mol. The number of nitrogens with zero attached hydrogens (tertiary/aromatic N) is 4. The predicted molar refractivity (Wildman–Crippen MR) is 150 cm³/mol. The Morgan fingerprint density at radius 1 is 0.868 bits per heavy atom. The van der Waals surface area contributed by atoms with Gasteiger partial charge >= 0.3 is 0 Å². The summed E-state index contributed by atoms with van der Waals surface area (Å²) in [6.45, 7) is 2.02. The van der Waals surface area contributed by atoms with Crippen LogP contribution in [0.15, 0.2) is 77.9 Å². The van der Waals surface area contributed by atoms with Gasteiger partial charge in [-0.05, 0) is 53.4 Å².